The Morgan fingerprint density at radius 3 is 2.62 bits per heavy atom. The van der Waals surface area contributed by atoms with Crippen molar-refractivity contribution < 1.29 is 13.6 Å². The molecule has 1 atom stereocenters. The summed E-state index contributed by atoms with van der Waals surface area (Å²) in [4.78, 5) is 12.2. The van der Waals surface area contributed by atoms with Crippen molar-refractivity contribution in [2.24, 2.45) is 0 Å². The number of hydrogen-bond acceptors (Lipinski definition) is 6. The number of nitrogens with one attached hydrogen (secondary N) is 2. The molecule has 2 aromatic rings. The standard InChI is InChI=1S/C17H20F2N4OS2/c1-10(15(24)21-14-12(18)8-5-9-13(14)19)25-17-23-22-16(26-17)20-11-6-3-2-4-7-11/h5,8-11H,2-4,6-7H2,1H3,(H,20,22)(H,21,24). The number of amides is 1. The number of anilines is 2. The van der Waals surface area contributed by atoms with Gasteiger partial charge in [-0.2, -0.15) is 0 Å². The maximum atomic E-state index is 13.6. The highest BCUT2D eigenvalue weighted by Crippen LogP contribution is 2.31. The van der Waals surface area contributed by atoms with Crippen LogP contribution in [0.5, 0.6) is 0 Å². The molecule has 2 N–H and O–H groups in total. The highest BCUT2D eigenvalue weighted by molar-refractivity contribution is 8.02. The van der Waals surface area contributed by atoms with E-state index in [0.717, 1.165) is 30.1 Å². The zero-order valence-corrected chi connectivity index (χ0v) is 15.9. The summed E-state index contributed by atoms with van der Waals surface area (Å²) in [5.41, 5.74) is -0.429. The van der Waals surface area contributed by atoms with Crippen LogP contribution in [0.3, 0.4) is 0 Å². The fourth-order valence-corrected chi connectivity index (χ4v) is 4.76. The average Bonchev–Trinajstić information content (AvgIpc) is 3.05. The number of rotatable bonds is 6. The number of carbonyl (C=O) groups excluding carboxylic acids is 1. The quantitative estimate of drug-likeness (QED) is 0.692. The average molecular weight is 399 g/mol. The summed E-state index contributed by atoms with van der Waals surface area (Å²) >= 11 is 2.60. The molecule has 0 bridgehead atoms. The largest absolute Gasteiger partial charge is 0.357 e. The zero-order valence-electron chi connectivity index (χ0n) is 14.3. The lowest BCUT2D eigenvalue weighted by Crippen LogP contribution is -2.23. The number of para-hydroxylation sites is 1. The highest BCUT2D eigenvalue weighted by atomic mass is 32.2. The van der Waals surface area contributed by atoms with E-state index in [0.29, 0.717) is 10.4 Å². The van der Waals surface area contributed by atoms with Crippen LogP contribution < -0.4 is 10.6 Å². The fraction of sp³-hybridized carbons (Fsp3) is 0.471. The van der Waals surface area contributed by atoms with Crippen LogP contribution in [-0.4, -0.2) is 27.4 Å². The zero-order chi connectivity index (χ0) is 18.5. The third kappa shape index (κ3) is 4.91. The molecule has 1 amide bonds. The van der Waals surface area contributed by atoms with Crippen molar-refractivity contribution in [2.75, 3.05) is 10.6 Å². The van der Waals surface area contributed by atoms with E-state index >= 15 is 0 Å². The van der Waals surface area contributed by atoms with Gasteiger partial charge in [-0.25, -0.2) is 8.78 Å². The van der Waals surface area contributed by atoms with E-state index in [1.54, 1.807) is 6.92 Å². The third-order valence-corrected chi connectivity index (χ3v) is 6.24. The second-order valence-corrected chi connectivity index (χ2v) is 8.76. The van der Waals surface area contributed by atoms with E-state index in [4.69, 9.17) is 0 Å². The molecule has 0 aliphatic heterocycles. The minimum absolute atomic E-state index is 0.429. The molecular formula is C17H20F2N4OS2. The normalized spacial score (nSPS) is 16.3. The van der Waals surface area contributed by atoms with Crippen molar-refractivity contribution in [1.29, 1.82) is 0 Å². The van der Waals surface area contributed by atoms with Gasteiger partial charge in [0, 0.05) is 6.04 Å². The molecule has 26 heavy (non-hydrogen) atoms. The van der Waals surface area contributed by atoms with Crippen LogP contribution in [0.4, 0.5) is 19.6 Å². The summed E-state index contributed by atoms with van der Waals surface area (Å²) in [5.74, 6) is -2.09. The highest BCUT2D eigenvalue weighted by Gasteiger charge is 2.21. The monoisotopic (exact) mass is 398 g/mol. The van der Waals surface area contributed by atoms with Gasteiger partial charge in [0.15, 0.2) is 4.34 Å². The third-order valence-electron chi connectivity index (χ3n) is 4.20. The van der Waals surface area contributed by atoms with Crippen LogP contribution in [0, 0.1) is 11.6 Å². The van der Waals surface area contributed by atoms with Gasteiger partial charge in [0.25, 0.3) is 0 Å². The van der Waals surface area contributed by atoms with Crippen LogP contribution in [0.25, 0.3) is 0 Å². The smallest absolute Gasteiger partial charge is 0.237 e. The van der Waals surface area contributed by atoms with Gasteiger partial charge in [-0.15, -0.1) is 10.2 Å². The van der Waals surface area contributed by atoms with Crippen LogP contribution in [0.2, 0.25) is 0 Å². The Labute approximate surface area is 159 Å². The van der Waals surface area contributed by atoms with Gasteiger partial charge in [0.1, 0.15) is 17.3 Å². The van der Waals surface area contributed by atoms with Gasteiger partial charge in [0.2, 0.25) is 11.0 Å². The summed E-state index contributed by atoms with van der Waals surface area (Å²) in [6.45, 7) is 1.66. The Morgan fingerprint density at radius 1 is 1.23 bits per heavy atom. The molecule has 1 aliphatic carbocycles. The van der Waals surface area contributed by atoms with Gasteiger partial charge < -0.3 is 10.6 Å². The molecule has 5 nitrogen and oxygen atoms in total. The van der Waals surface area contributed by atoms with Crippen molar-refractivity contribution in [3.05, 3.63) is 29.8 Å². The number of halogens is 2. The van der Waals surface area contributed by atoms with Crippen LogP contribution in [-0.2, 0) is 4.79 Å². The van der Waals surface area contributed by atoms with E-state index in [1.807, 2.05) is 0 Å². The lowest BCUT2D eigenvalue weighted by Gasteiger charge is -2.21. The Kier molecular flexibility index (Phi) is 6.42. The lowest BCUT2D eigenvalue weighted by atomic mass is 9.96. The minimum Gasteiger partial charge on any atom is -0.357 e. The molecule has 0 spiro atoms. The molecule has 1 aliphatic rings. The van der Waals surface area contributed by atoms with Gasteiger partial charge in [-0.1, -0.05) is 48.4 Å². The summed E-state index contributed by atoms with van der Waals surface area (Å²) < 4.78 is 27.9. The summed E-state index contributed by atoms with van der Waals surface area (Å²) in [5, 5.41) is 14.1. The molecule has 1 heterocycles. The lowest BCUT2D eigenvalue weighted by molar-refractivity contribution is -0.115. The molecule has 1 unspecified atom stereocenters. The molecule has 1 saturated carbocycles. The van der Waals surface area contributed by atoms with E-state index < -0.39 is 28.5 Å². The van der Waals surface area contributed by atoms with Crippen LogP contribution in [0.1, 0.15) is 39.0 Å². The van der Waals surface area contributed by atoms with Crippen molar-refractivity contribution in [3.8, 4) is 0 Å². The Balaban J connectivity index is 1.55. The van der Waals surface area contributed by atoms with Crippen molar-refractivity contribution in [2.45, 2.75) is 54.7 Å². The predicted octanol–water partition coefficient (Wildman–Crippen LogP) is 4.68. The molecule has 0 saturated heterocycles. The van der Waals surface area contributed by atoms with E-state index in [9.17, 15) is 13.6 Å². The van der Waals surface area contributed by atoms with Crippen molar-refractivity contribution >= 4 is 39.8 Å². The molecule has 140 valence electrons. The molecular weight excluding hydrogens is 378 g/mol. The van der Waals surface area contributed by atoms with E-state index in [-0.39, 0.29) is 0 Å². The van der Waals surface area contributed by atoms with Crippen molar-refractivity contribution in [3.63, 3.8) is 0 Å². The van der Waals surface area contributed by atoms with E-state index in [2.05, 4.69) is 20.8 Å². The molecule has 3 rings (SSSR count). The molecule has 0 radical (unpaired) electrons. The van der Waals surface area contributed by atoms with E-state index in [1.165, 1.54) is 48.4 Å². The fourth-order valence-electron chi connectivity index (χ4n) is 2.78. The topological polar surface area (TPSA) is 66.9 Å². The molecule has 1 aromatic heterocycles. The molecule has 1 aromatic carbocycles. The molecule has 1 fully saturated rings. The van der Waals surface area contributed by atoms with Gasteiger partial charge in [0.05, 0.1) is 5.25 Å². The Hall–Kier alpha value is -1.74. The first-order chi connectivity index (χ1) is 12.5. The number of hydrogen-bond donors (Lipinski definition) is 2. The number of nitrogens with zero attached hydrogens (tertiary/aromatic N) is 2. The Bertz CT molecular complexity index is 745. The summed E-state index contributed by atoms with van der Waals surface area (Å²) in [7, 11) is 0. The predicted molar refractivity (Wildman–Crippen MR) is 101 cm³/mol. The first-order valence-electron chi connectivity index (χ1n) is 8.54. The minimum atomic E-state index is -0.801. The van der Waals surface area contributed by atoms with Gasteiger partial charge in [-0.3, -0.25) is 4.79 Å². The second kappa shape index (κ2) is 8.77. The van der Waals surface area contributed by atoms with Gasteiger partial charge in [-0.05, 0) is 31.9 Å². The van der Waals surface area contributed by atoms with Crippen molar-refractivity contribution in [1.82, 2.24) is 10.2 Å². The maximum absolute atomic E-state index is 13.6. The first kappa shape index (κ1) is 19.0. The van der Waals surface area contributed by atoms with Crippen LogP contribution in [0.15, 0.2) is 22.5 Å². The SMILES string of the molecule is CC(Sc1nnc(NC2CCCCC2)s1)C(=O)Nc1c(F)cccc1F. The first-order valence-corrected chi connectivity index (χ1v) is 10.2. The molecule has 9 heteroatoms. The summed E-state index contributed by atoms with van der Waals surface area (Å²) in [6, 6.07) is 3.88. The number of thioether (sulfide) groups is 1. The summed E-state index contributed by atoms with van der Waals surface area (Å²) in [6.07, 6.45) is 6.00. The second-order valence-electron chi connectivity index (χ2n) is 6.20. The number of aromatic nitrogens is 2. The number of benzene rings is 1. The van der Waals surface area contributed by atoms with Crippen LogP contribution >= 0.6 is 23.1 Å². The van der Waals surface area contributed by atoms with Gasteiger partial charge >= 0.3 is 0 Å². The number of carbonyl (C=O) groups is 1. The Morgan fingerprint density at radius 2 is 1.92 bits per heavy atom. The maximum Gasteiger partial charge on any atom is 0.237 e.